The van der Waals surface area contributed by atoms with Crippen molar-refractivity contribution in [2.45, 2.75) is 97.8 Å². The third-order valence-electron chi connectivity index (χ3n) is 6.68. The number of hydrogen-bond donors (Lipinski definition) is 4. The van der Waals surface area contributed by atoms with Gasteiger partial charge in [-0.3, -0.25) is 14.4 Å². The van der Waals surface area contributed by atoms with E-state index in [0.717, 1.165) is 30.4 Å². The lowest BCUT2D eigenvalue weighted by molar-refractivity contribution is -0.141. The molecule has 0 spiro atoms. The molecule has 0 saturated carbocycles. The number of primary amides is 1. The number of carbonyl (C=O) groups is 4. The average Bonchev–Trinajstić information content (AvgIpc) is 2.89. The number of hydrogen-bond acceptors (Lipinski definition) is 6. The van der Waals surface area contributed by atoms with Crippen LogP contribution in [0.25, 0.3) is 0 Å². The summed E-state index contributed by atoms with van der Waals surface area (Å²) in [6.07, 6.45) is 2.25. The first-order valence-corrected chi connectivity index (χ1v) is 14.5. The number of unbranched alkanes of at least 4 members (excludes halogenated alkanes) is 3. The molecule has 0 aliphatic heterocycles. The number of phenolic OH excluding ortho intramolecular Hbond substituents is 1. The minimum Gasteiger partial charge on any atom is -0.508 e. The third kappa shape index (κ3) is 10.7. The van der Waals surface area contributed by atoms with Gasteiger partial charge in [-0.25, -0.2) is 4.79 Å². The zero-order valence-electron chi connectivity index (χ0n) is 25.7. The van der Waals surface area contributed by atoms with E-state index in [9.17, 15) is 24.3 Å². The number of nitrogens with zero attached hydrogens (tertiary/aromatic N) is 1. The number of alkyl carbamates (subject to hydrolysis) is 1. The molecule has 4 amide bonds. The molecule has 5 N–H and O–H groups in total. The second-order valence-corrected chi connectivity index (χ2v) is 11.5. The van der Waals surface area contributed by atoms with Crippen LogP contribution in [-0.4, -0.2) is 52.0 Å². The predicted octanol–water partition coefficient (Wildman–Crippen LogP) is 5.26. The van der Waals surface area contributed by atoms with Crippen LogP contribution in [-0.2, 0) is 19.1 Å². The average molecular weight is 583 g/mol. The summed E-state index contributed by atoms with van der Waals surface area (Å²) in [5.74, 6) is -1.74. The minimum absolute atomic E-state index is 0.0621. The van der Waals surface area contributed by atoms with Gasteiger partial charge < -0.3 is 31.1 Å². The number of rotatable bonds is 14. The van der Waals surface area contributed by atoms with Gasteiger partial charge in [0.2, 0.25) is 11.8 Å². The Balaban J connectivity index is 2.59. The van der Waals surface area contributed by atoms with E-state index in [1.165, 1.54) is 17.0 Å². The standard InChI is InChI=1S/C32H46N4O6/c1-7-8-9-10-19-36(30(40)25(17-18-26(33)38)34-31(41)42-32(4,5)6)28(23-15-12-16-24(37)20-23)29(39)35-27-21(2)13-11-14-22(27)3/h11-16,20,25,28,37H,7-10,17-19H2,1-6H3,(H2,33,38)(H,34,41)(H,35,39). The Morgan fingerprint density at radius 3 is 2.21 bits per heavy atom. The van der Waals surface area contributed by atoms with Crippen molar-refractivity contribution in [2.75, 3.05) is 11.9 Å². The first-order chi connectivity index (χ1) is 19.7. The summed E-state index contributed by atoms with van der Waals surface area (Å²) >= 11 is 0. The van der Waals surface area contributed by atoms with Crippen molar-refractivity contribution in [3.63, 3.8) is 0 Å². The number of amides is 4. The van der Waals surface area contributed by atoms with Crippen molar-refractivity contribution in [3.05, 3.63) is 59.2 Å². The molecule has 2 rings (SSSR count). The van der Waals surface area contributed by atoms with Crippen molar-refractivity contribution in [2.24, 2.45) is 5.73 Å². The Labute approximate surface area is 249 Å². The molecule has 0 heterocycles. The maximum absolute atomic E-state index is 14.3. The number of phenols is 1. The van der Waals surface area contributed by atoms with Crippen molar-refractivity contribution in [3.8, 4) is 5.75 Å². The number of nitrogens with one attached hydrogen (secondary N) is 2. The van der Waals surface area contributed by atoms with E-state index < -0.39 is 41.5 Å². The Bertz CT molecular complexity index is 1220. The number of nitrogens with two attached hydrogens (primary N) is 1. The van der Waals surface area contributed by atoms with Crippen LogP contribution in [0.1, 0.15) is 89.0 Å². The number of ether oxygens (including phenoxy) is 1. The second-order valence-electron chi connectivity index (χ2n) is 11.5. The Morgan fingerprint density at radius 1 is 1.00 bits per heavy atom. The fraction of sp³-hybridized carbons (Fsp3) is 0.500. The fourth-order valence-electron chi connectivity index (χ4n) is 4.64. The van der Waals surface area contributed by atoms with E-state index in [-0.39, 0.29) is 25.1 Å². The zero-order chi connectivity index (χ0) is 31.4. The highest BCUT2D eigenvalue weighted by molar-refractivity contribution is 6.00. The Hall–Kier alpha value is -4.08. The SMILES string of the molecule is CCCCCCN(C(=O)C(CCC(N)=O)NC(=O)OC(C)(C)C)C(C(=O)Nc1c(C)cccc1C)c1cccc(O)c1. The molecule has 0 fully saturated rings. The summed E-state index contributed by atoms with van der Waals surface area (Å²) in [6.45, 7) is 11.1. The lowest BCUT2D eigenvalue weighted by atomic mass is 10.00. The van der Waals surface area contributed by atoms with Gasteiger partial charge in [0.05, 0.1) is 0 Å². The fourth-order valence-corrected chi connectivity index (χ4v) is 4.64. The molecule has 0 saturated heterocycles. The van der Waals surface area contributed by atoms with E-state index in [2.05, 4.69) is 17.6 Å². The predicted molar refractivity (Wildman–Crippen MR) is 163 cm³/mol. The summed E-state index contributed by atoms with van der Waals surface area (Å²) in [5.41, 5.74) is 7.30. The number of para-hydroxylation sites is 1. The molecule has 0 aliphatic rings. The van der Waals surface area contributed by atoms with Crippen molar-refractivity contribution < 1.29 is 29.0 Å². The number of anilines is 1. The van der Waals surface area contributed by atoms with Crippen LogP contribution in [0, 0.1) is 13.8 Å². The van der Waals surface area contributed by atoms with Crippen molar-refractivity contribution in [1.29, 1.82) is 0 Å². The summed E-state index contributed by atoms with van der Waals surface area (Å²) in [4.78, 5) is 54.2. The molecule has 0 radical (unpaired) electrons. The highest BCUT2D eigenvalue weighted by atomic mass is 16.6. The van der Waals surface area contributed by atoms with E-state index >= 15 is 0 Å². The quantitative estimate of drug-likeness (QED) is 0.223. The van der Waals surface area contributed by atoms with E-state index in [0.29, 0.717) is 17.7 Å². The van der Waals surface area contributed by atoms with Crippen molar-refractivity contribution in [1.82, 2.24) is 10.2 Å². The molecule has 0 aromatic heterocycles. The molecule has 2 aromatic carbocycles. The molecule has 2 unspecified atom stereocenters. The molecular weight excluding hydrogens is 536 g/mol. The first-order valence-electron chi connectivity index (χ1n) is 14.5. The van der Waals surface area contributed by atoms with Gasteiger partial charge in [-0.05, 0) is 76.3 Å². The van der Waals surface area contributed by atoms with E-state index in [4.69, 9.17) is 10.5 Å². The highest BCUT2D eigenvalue weighted by Crippen LogP contribution is 2.29. The van der Waals surface area contributed by atoms with Gasteiger partial charge in [0.1, 0.15) is 23.4 Å². The second kappa shape index (κ2) is 15.8. The lowest BCUT2D eigenvalue weighted by Gasteiger charge is -2.35. The van der Waals surface area contributed by atoms with Crippen LogP contribution >= 0.6 is 0 Å². The molecule has 2 aromatic rings. The maximum Gasteiger partial charge on any atom is 0.408 e. The van der Waals surface area contributed by atoms with Gasteiger partial charge in [0.15, 0.2) is 0 Å². The molecule has 230 valence electrons. The van der Waals surface area contributed by atoms with Crippen LogP contribution in [0.15, 0.2) is 42.5 Å². The smallest absolute Gasteiger partial charge is 0.408 e. The largest absolute Gasteiger partial charge is 0.508 e. The number of carbonyl (C=O) groups excluding carboxylic acids is 4. The van der Waals surface area contributed by atoms with Gasteiger partial charge in [-0.1, -0.05) is 56.5 Å². The van der Waals surface area contributed by atoms with Crippen LogP contribution < -0.4 is 16.4 Å². The van der Waals surface area contributed by atoms with Gasteiger partial charge in [-0.2, -0.15) is 0 Å². The molecule has 0 bridgehead atoms. The molecular formula is C32H46N4O6. The molecule has 0 aliphatic carbocycles. The van der Waals surface area contributed by atoms with Crippen LogP contribution in [0.4, 0.5) is 10.5 Å². The van der Waals surface area contributed by atoms with Crippen LogP contribution in [0.2, 0.25) is 0 Å². The summed E-state index contributed by atoms with van der Waals surface area (Å²) < 4.78 is 5.38. The van der Waals surface area contributed by atoms with Gasteiger partial charge in [-0.15, -0.1) is 0 Å². The minimum atomic E-state index is -1.19. The molecule has 10 nitrogen and oxygen atoms in total. The first kappa shape index (κ1) is 34.1. The normalized spacial score (nSPS) is 12.6. The highest BCUT2D eigenvalue weighted by Gasteiger charge is 2.36. The van der Waals surface area contributed by atoms with E-state index in [1.807, 2.05) is 32.0 Å². The van der Waals surface area contributed by atoms with Gasteiger partial charge >= 0.3 is 6.09 Å². The van der Waals surface area contributed by atoms with Crippen molar-refractivity contribution >= 4 is 29.5 Å². The molecule has 2 atom stereocenters. The molecule has 10 heteroatoms. The van der Waals surface area contributed by atoms with Gasteiger partial charge in [0.25, 0.3) is 5.91 Å². The number of aromatic hydroxyl groups is 1. The Morgan fingerprint density at radius 2 is 1.64 bits per heavy atom. The Kier molecular flexibility index (Phi) is 12.8. The summed E-state index contributed by atoms with van der Waals surface area (Å²) in [6, 6.07) is 9.51. The lowest BCUT2D eigenvalue weighted by Crippen LogP contribution is -2.53. The number of benzene rings is 2. The summed E-state index contributed by atoms with van der Waals surface area (Å²) in [7, 11) is 0. The van der Waals surface area contributed by atoms with Gasteiger partial charge in [0, 0.05) is 18.7 Å². The third-order valence-corrected chi connectivity index (χ3v) is 6.68. The topological polar surface area (TPSA) is 151 Å². The van der Waals surface area contributed by atoms with Crippen LogP contribution in [0.5, 0.6) is 5.75 Å². The number of aryl methyl sites for hydroxylation is 2. The monoisotopic (exact) mass is 582 g/mol. The zero-order valence-corrected chi connectivity index (χ0v) is 25.7. The maximum atomic E-state index is 14.3. The summed E-state index contributed by atoms with van der Waals surface area (Å²) in [5, 5.41) is 15.9. The van der Waals surface area contributed by atoms with E-state index in [1.54, 1.807) is 32.9 Å². The van der Waals surface area contributed by atoms with Crippen LogP contribution in [0.3, 0.4) is 0 Å². The molecule has 42 heavy (non-hydrogen) atoms.